The zero-order valence-corrected chi connectivity index (χ0v) is 24.9. The van der Waals surface area contributed by atoms with Crippen molar-refractivity contribution in [3.05, 3.63) is 47.8 Å². The van der Waals surface area contributed by atoms with E-state index in [0.29, 0.717) is 67.5 Å². The first kappa shape index (κ1) is 30.6. The predicted octanol–water partition coefficient (Wildman–Crippen LogP) is 2.75. The molecule has 2 aromatic rings. The monoisotopic (exact) mass is 595 g/mol. The first-order valence-corrected chi connectivity index (χ1v) is 15.0. The van der Waals surface area contributed by atoms with Crippen LogP contribution < -0.4 is 14.4 Å². The standard InChI is InChI=1S/C31H41N5O7/c1-3-4-12-36(23-7-5-9-32-16-23)27(38)18-35-17-24(21-14-22(19-37)29-26(15-21)42-20-43-29)28(30(39)40)25(35)8-13-34-11-6-10-33(2)31(34)41/h5,7,9,14-16,24-25,28,37H,3-4,6,8,10-13,17-20H2,1-2H3,(H,39,40)/t24-,25+,28-/m1/s1. The lowest BCUT2D eigenvalue weighted by atomic mass is 9.83. The summed E-state index contributed by atoms with van der Waals surface area (Å²) >= 11 is 0. The minimum Gasteiger partial charge on any atom is -0.481 e. The maximum atomic E-state index is 13.9. The number of anilines is 1. The van der Waals surface area contributed by atoms with E-state index in [-0.39, 0.29) is 31.9 Å². The number of ether oxygens (including phenoxy) is 2. The maximum absolute atomic E-state index is 13.9. The number of aromatic nitrogens is 1. The van der Waals surface area contributed by atoms with Crippen LogP contribution in [0.4, 0.5) is 10.5 Å². The van der Waals surface area contributed by atoms with Gasteiger partial charge in [-0.15, -0.1) is 0 Å². The zero-order valence-electron chi connectivity index (χ0n) is 24.9. The number of pyridine rings is 1. The summed E-state index contributed by atoms with van der Waals surface area (Å²) in [6.45, 7) is 4.38. The molecule has 43 heavy (non-hydrogen) atoms. The van der Waals surface area contributed by atoms with Crippen LogP contribution in [0.25, 0.3) is 0 Å². The first-order valence-electron chi connectivity index (χ1n) is 15.0. The van der Waals surface area contributed by atoms with Gasteiger partial charge in [-0.25, -0.2) is 4.79 Å². The molecule has 1 aromatic heterocycles. The lowest BCUT2D eigenvalue weighted by Crippen LogP contribution is -2.50. The number of hydrogen-bond donors (Lipinski definition) is 2. The van der Waals surface area contributed by atoms with Crippen molar-refractivity contribution in [2.45, 2.75) is 51.2 Å². The van der Waals surface area contributed by atoms with E-state index < -0.39 is 23.8 Å². The minimum absolute atomic E-state index is 0.0226. The zero-order chi connectivity index (χ0) is 30.5. The van der Waals surface area contributed by atoms with Crippen LogP contribution in [-0.4, -0.2) is 107 Å². The van der Waals surface area contributed by atoms with Gasteiger partial charge in [0, 0.05) is 63.5 Å². The topological polar surface area (TPSA) is 136 Å². The van der Waals surface area contributed by atoms with Crippen molar-refractivity contribution in [1.29, 1.82) is 0 Å². The Labute approximate surface area is 251 Å². The van der Waals surface area contributed by atoms with Gasteiger partial charge >= 0.3 is 12.0 Å². The quantitative estimate of drug-likeness (QED) is 0.380. The number of benzene rings is 1. The number of aliphatic hydroxyl groups is 1. The number of aliphatic hydroxyl groups excluding tert-OH is 1. The van der Waals surface area contributed by atoms with E-state index in [1.165, 1.54) is 0 Å². The fourth-order valence-electron chi connectivity index (χ4n) is 6.54. The Kier molecular flexibility index (Phi) is 9.66. The third-order valence-corrected chi connectivity index (χ3v) is 8.75. The summed E-state index contributed by atoms with van der Waals surface area (Å²) in [6, 6.07) is 6.64. The molecule has 0 unspecified atom stereocenters. The Bertz CT molecular complexity index is 1310. The van der Waals surface area contributed by atoms with Crippen molar-refractivity contribution >= 4 is 23.6 Å². The maximum Gasteiger partial charge on any atom is 0.319 e. The smallest absolute Gasteiger partial charge is 0.319 e. The summed E-state index contributed by atoms with van der Waals surface area (Å²) in [7, 11) is 1.77. The van der Waals surface area contributed by atoms with Gasteiger partial charge in [0.1, 0.15) is 0 Å². The highest BCUT2D eigenvalue weighted by Crippen LogP contribution is 2.44. The highest BCUT2D eigenvalue weighted by molar-refractivity contribution is 5.94. The Morgan fingerprint density at radius 2 is 2.05 bits per heavy atom. The third-order valence-electron chi connectivity index (χ3n) is 8.75. The van der Waals surface area contributed by atoms with Crippen molar-refractivity contribution in [3.8, 4) is 11.5 Å². The fourth-order valence-corrected chi connectivity index (χ4v) is 6.54. The van der Waals surface area contributed by atoms with Gasteiger partial charge in [0.2, 0.25) is 12.7 Å². The first-order chi connectivity index (χ1) is 20.8. The molecule has 1 aromatic carbocycles. The number of rotatable bonds is 12. The number of carbonyl (C=O) groups excluding carboxylic acids is 2. The molecule has 0 bridgehead atoms. The second kappa shape index (κ2) is 13.6. The molecule has 0 radical (unpaired) electrons. The summed E-state index contributed by atoms with van der Waals surface area (Å²) in [5.74, 6) is -1.48. The molecule has 2 fully saturated rings. The average molecular weight is 596 g/mol. The van der Waals surface area contributed by atoms with Crippen LogP contribution in [0, 0.1) is 5.92 Å². The van der Waals surface area contributed by atoms with E-state index in [1.807, 2.05) is 11.0 Å². The van der Waals surface area contributed by atoms with Crippen LogP contribution in [0.15, 0.2) is 36.7 Å². The van der Waals surface area contributed by atoms with E-state index in [1.54, 1.807) is 52.3 Å². The average Bonchev–Trinajstić information content (AvgIpc) is 3.63. The number of carbonyl (C=O) groups is 3. The van der Waals surface area contributed by atoms with E-state index in [0.717, 1.165) is 19.3 Å². The lowest BCUT2D eigenvalue weighted by Gasteiger charge is -2.35. The van der Waals surface area contributed by atoms with Crippen molar-refractivity contribution in [2.75, 3.05) is 58.0 Å². The molecule has 0 saturated carbocycles. The van der Waals surface area contributed by atoms with E-state index >= 15 is 0 Å². The molecule has 2 saturated heterocycles. The molecule has 3 aliphatic heterocycles. The molecular formula is C31H41N5O7. The van der Waals surface area contributed by atoms with Crippen molar-refractivity contribution in [1.82, 2.24) is 19.7 Å². The number of aliphatic carboxylic acids is 1. The molecule has 232 valence electrons. The van der Waals surface area contributed by atoms with Crippen LogP contribution in [0.5, 0.6) is 11.5 Å². The molecule has 2 N–H and O–H groups in total. The summed E-state index contributed by atoms with van der Waals surface area (Å²) in [5.41, 5.74) is 1.95. The number of unbranched alkanes of at least 4 members (excludes halogenated alkanes) is 1. The summed E-state index contributed by atoms with van der Waals surface area (Å²) in [4.78, 5) is 51.0. The van der Waals surface area contributed by atoms with Crippen LogP contribution in [0.1, 0.15) is 49.7 Å². The van der Waals surface area contributed by atoms with Crippen molar-refractivity contribution in [2.24, 2.45) is 5.92 Å². The Balaban J connectivity index is 1.45. The molecule has 3 amide bonds. The minimum atomic E-state index is -0.967. The van der Waals surface area contributed by atoms with Crippen molar-refractivity contribution < 1.29 is 34.1 Å². The van der Waals surface area contributed by atoms with Gasteiger partial charge < -0.3 is 34.4 Å². The van der Waals surface area contributed by atoms with Crippen molar-refractivity contribution in [3.63, 3.8) is 0 Å². The van der Waals surface area contributed by atoms with E-state index in [9.17, 15) is 24.6 Å². The van der Waals surface area contributed by atoms with Crippen LogP contribution >= 0.6 is 0 Å². The lowest BCUT2D eigenvalue weighted by molar-refractivity contribution is -0.143. The van der Waals surface area contributed by atoms with Crippen LogP contribution in [-0.2, 0) is 16.2 Å². The van der Waals surface area contributed by atoms with Gasteiger partial charge in [0.25, 0.3) is 0 Å². The highest BCUT2D eigenvalue weighted by Gasteiger charge is 2.48. The number of nitrogens with zero attached hydrogens (tertiary/aromatic N) is 5. The molecule has 4 heterocycles. The summed E-state index contributed by atoms with van der Waals surface area (Å²) in [5, 5.41) is 20.6. The Hall–Kier alpha value is -3.90. The second-order valence-corrected chi connectivity index (χ2v) is 11.5. The van der Waals surface area contributed by atoms with Gasteiger partial charge in [-0.1, -0.05) is 13.3 Å². The number of fused-ring (bicyclic) bond motifs is 1. The molecular weight excluding hydrogens is 554 g/mol. The molecule has 5 rings (SSSR count). The Morgan fingerprint density at radius 3 is 2.77 bits per heavy atom. The molecule has 3 atom stereocenters. The van der Waals surface area contributed by atoms with Gasteiger partial charge in [0.05, 0.1) is 31.0 Å². The van der Waals surface area contributed by atoms with Gasteiger partial charge in [-0.2, -0.15) is 0 Å². The van der Waals surface area contributed by atoms with E-state index in [2.05, 4.69) is 11.9 Å². The SMILES string of the molecule is CCCCN(C(=O)CN1C[C@H](c2cc(CO)c3c(c2)OCO3)[C@@H](C(=O)O)[C@@H]1CCN1CCCN(C)C1=O)c1cccnc1. The molecule has 3 aliphatic rings. The molecule has 0 spiro atoms. The second-order valence-electron chi connectivity index (χ2n) is 11.5. The number of carboxylic acids is 1. The van der Waals surface area contributed by atoms with E-state index in [4.69, 9.17) is 9.47 Å². The van der Waals surface area contributed by atoms with Gasteiger partial charge in [-0.3, -0.25) is 19.5 Å². The number of hydrogen-bond acceptors (Lipinski definition) is 8. The molecule has 12 nitrogen and oxygen atoms in total. The number of carboxylic acid groups (broad SMARTS) is 1. The normalized spacial score (nSPS) is 21.8. The number of likely N-dealkylation sites (tertiary alicyclic amines) is 1. The van der Waals surface area contributed by atoms with Crippen LogP contribution in [0.3, 0.4) is 0 Å². The van der Waals surface area contributed by atoms with Crippen LogP contribution in [0.2, 0.25) is 0 Å². The molecule has 12 heteroatoms. The number of urea groups is 1. The Morgan fingerprint density at radius 1 is 1.21 bits per heavy atom. The van der Waals surface area contributed by atoms with Gasteiger partial charge in [-0.05, 0) is 49.1 Å². The largest absolute Gasteiger partial charge is 0.481 e. The molecule has 0 aliphatic carbocycles. The third kappa shape index (κ3) is 6.54. The predicted molar refractivity (Wildman–Crippen MR) is 158 cm³/mol. The number of amides is 3. The highest BCUT2D eigenvalue weighted by atomic mass is 16.7. The summed E-state index contributed by atoms with van der Waals surface area (Å²) in [6.07, 6.45) is 6.30. The summed E-state index contributed by atoms with van der Waals surface area (Å²) < 4.78 is 11.1. The van der Waals surface area contributed by atoms with Gasteiger partial charge in [0.15, 0.2) is 11.5 Å². The fraction of sp³-hybridized carbons (Fsp3) is 0.548.